The van der Waals surface area contributed by atoms with Crippen LogP contribution >= 0.6 is 35.2 Å². The largest absolute Gasteiger partial charge is 0.309 e. The van der Waals surface area contributed by atoms with E-state index < -0.39 is 9.84 Å². The SMILES string of the molecule is O=S1(=O)CC[C@H](N2CCN(Cn3c(=S)sc4ccc(Cl)cc43)CC2)C1. The molecule has 2 aromatic rings. The first kappa shape index (κ1) is 17.9. The van der Waals surface area contributed by atoms with Crippen molar-refractivity contribution >= 4 is 55.2 Å². The van der Waals surface area contributed by atoms with Gasteiger partial charge in [-0.25, -0.2) is 8.42 Å². The van der Waals surface area contributed by atoms with Gasteiger partial charge in [0.2, 0.25) is 0 Å². The van der Waals surface area contributed by atoms with Crippen molar-refractivity contribution in [2.45, 2.75) is 19.1 Å². The first-order chi connectivity index (χ1) is 11.9. The molecule has 1 aromatic heterocycles. The van der Waals surface area contributed by atoms with Gasteiger partial charge in [-0.2, -0.15) is 0 Å². The van der Waals surface area contributed by atoms with E-state index in [1.165, 1.54) is 0 Å². The molecular formula is C16H20ClN3O2S3. The van der Waals surface area contributed by atoms with Crippen LogP contribution < -0.4 is 0 Å². The van der Waals surface area contributed by atoms with Crippen molar-refractivity contribution in [3.8, 4) is 0 Å². The van der Waals surface area contributed by atoms with Gasteiger partial charge in [0.05, 0.1) is 28.4 Å². The van der Waals surface area contributed by atoms with E-state index in [0.29, 0.717) is 11.5 Å². The summed E-state index contributed by atoms with van der Waals surface area (Å²) in [5.74, 6) is 0.667. The van der Waals surface area contributed by atoms with Gasteiger partial charge in [0.25, 0.3) is 0 Å². The quantitative estimate of drug-likeness (QED) is 0.718. The van der Waals surface area contributed by atoms with Gasteiger partial charge in [-0.1, -0.05) is 11.6 Å². The van der Waals surface area contributed by atoms with Crippen LogP contribution in [0.15, 0.2) is 18.2 Å². The van der Waals surface area contributed by atoms with E-state index in [0.717, 1.165) is 58.5 Å². The third-order valence-corrected chi connectivity index (χ3v) is 8.52. The molecule has 2 fully saturated rings. The standard InChI is InChI=1S/C16H20ClN3O2S3/c17-12-1-2-15-14(9-12)20(16(23)24-15)11-18-4-6-19(7-5-18)13-3-8-25(21,22)10-13/h1-2,9,13H,3-8,10-11H2/t13-/m0/s1. The summed E-state index contributed by atoms with van der Waals surface area (Å²) in [5.41, 5.74) is 1.09. The summed E-state index contributed by atoms with van der Waals surface area (Å²) >= 11 is 13.3. The third kappa shape index (κ3) is 3.79. The number of sulfone groups is 1. The lowest BCUT2D eigenvalue weighted by Crippen LogP contribution is -2.50. The highest BCUT2D eigenvalue weighted by atomic mass is 35.5. The van der Waals surface area contributed by atoms with Crippen molar-refractivity contribution in [1.82, 2.24) is 14.4 Å². The molecule has 9 heteroatoms. The van der Waals surface area contributed by atoms with E-state index in [9.17, 15) is 8.42 Å². The van der Waals surface area contributed by atoms with E-state index in [4.69, 9.17) is 23.8 Å². The lowest BCUT2D eigenvalue weighted by Gasteiger charge is -2.37. The predicted molar refractivity (Wildman–Crippen MR) is 106 cm³/mol. The summed E-state index contributed by atoms with van der Waals surface area (Å²) in [7, 11) is -2.82. The zero-order valence-corrected chi connectivity index (χ0v) is 16.9. The molecule has 2 aliphatic rings. The van der Waals surface area contributed by atoms with Crippen LogP contribution in [0.4, 0.5) is 0 Å². The highest BCUT2D eigenvalue weighted by molar-refractivity contribution is 7.91. The molecule has 0 radical (unpaired) electrons. The molecule has 0 spiro atoms. The maximum absolute atomic E-state index is 11.7. The Morgan fingerprint density at radius 1 is 1.24 bits per heavy atom. The lowest BCUT2D eigenvalue weighted by atomic mass is 10.2. The van der Waals surface area contributed by atoms with Gasteiger partial charge in [-0.3, -0.25) is 9.80 Å². The second kappa shape index (κ2) is 6.90. The lowest BCUT2D eigenvalue weighted by molar-refractivity contribution is 0.0857. The minimum absolute atomic E-state index is 0.204. The summed E-state index contributed by atoms with van der Waals surface area (Å²) in [6.45, 7) is 4.44. The second-order valence-electron chi connectivity index (χ2n) is 6.76. The molecule has 0 amide bonds. The Kier molecular flexibility index (Phi) is 4.94. The second-order valence-corrected chi connectivity index (χ2v) is 11.1. The molecule has 1 aromatic carbocycles. The fourth-order valence-electron chi connectivity index (χ4n) is 3.70. The van der Waals surface area contributed by atoms with E-state index in [2.05, 4.69) is 14.4 Å². The zero-order chi connectivity index (χ0) is 17.6. The fourth-order valence-corrected chi connectivity index (χ4v) is 6.92. The number of nitrogens with zero attached hydrogens (tertiary/aromatic N) is 3. The van der Waals surface area contributed by atoms with E-state index in [1.807, 2.05) is 18.2 Å². The molecule has 0 N–H and O–H groups in total. The maximum atomic E-state index is 11.7. The molecule has 2 aliphatic heterocycles. The van der Waals surface area contributed by atoms with Crippen molar-refractivity contribution in [1.29, 1.82) is 0 Å². The van der Waals surface area contributed by atoms with Gasteiger partial charge in [0.1, 0.15) is 0 Å². The van der Waals surface area contributed by atoms with E-state index in [-0.39, 0.29) is 6.04 Å². The van der Waals surface area contributed by atoms with Gasteiger partial charge in [-0.15, -0.1) is 11.3 Å². The summed E-state index contributed by atoms with van der Waals surface area (Å²) < 4.78 is 27.5. The smallest absolute Gasteiger partial charge is 0.163 e. The number of thiazole rings is 1. The monoisotopic (exact) mass is 417 g/mol. The fraction of sp³-hybridized carbons (Fsp3) is 0.562. The van der Waals surface area contributed by atoms with Gasteiger partial charge in [0.15, 0.2) is 13.8 Å². The Labute approximate surface area is 161 Å². The summed E-state index contributed by atoms with van der Waals surface area (Å²) in [4.78, 5) is 4.71. The van der Waals surface area contributed by atoms with Crippen molar-refractivity contribution in [2.24, 2.45) is 0 Å². The van der Waals surface area contributed by atoms with E-state index in [1.54, 1.807) is 11.3 Å². The molecule has 25 heavy (non-hydrogen) atoms. The van der Waals surface area contributed by atoms with Crippen LogP contribution in [0.2, 0.25) is 5.02 Å². The number of fused-ring (bicyclic) bond motifs is 1. The number of hydrogen-bond donors (Lipinski definition) is 0. The summed E-state index contributed by atoms with van der Waals surface area (Å²) in [6, 6.07) is 6.10. The molecule has 1 atom stereocenters. The molecule has 3 heterocycles. The van der Waals surface area contributed by atoms with Gasteiger partial charge >= 0.3 is 0 Å². The van der Waals surface area contributed by atoms with Crippen molar-refractivity contribution in [3.05, 3.63) is 27.2 Å². The number of halogens is 1. The first-order valence-corrected chi connectivity index (χ1v) is 11.8. The van der Waals surface area contributed by atoms with E-state index >= 15 is 0 Å². The Hall–Kier alpha value is -0.510. The Balaban J connectivity index is 1.43. The number of piperazine rings is 1. The highest BCUT2D eigenvalue weighted by Crippen LogP contribution is 2.27. The van der Waals surface area contributed by atoms with Crippen LogP contribution in [-0.4, -0.2) is 66.5 Å². The molecule has 136 valence electrons. The number of benzene rings is 1. The number of rotatable bonds is 3. The molecule has 0 aliphatic carbocycles. The highest BCUT2D eigenvalue weighted by Gasteiger charge is 2.33. The van der Waals surface area contributed by atoms with Gasteiger partial charge in [-0.05, 0) is 36.8 Å². The topological polar surface area (TPSA) is 45.6 Å². The molecule has 0 saturated carbocycles. The number of aromatic nitrogens is 1. The van der Waals surface area contributed by atoms with Gasteiger partial charge < -0.3 is 4.57 Å². The molecule has 0 bridgehead atoms. The average Bonchev–Trinajstić information content (AvgIpc) is 3.08. The third-order valence-electron chi connectivity index (χ3n) is 5.10. The van der Waals surface area contributed by atoms with Gasteiger partial charge in [0, 0.05) is 37.2 Å². The molecule has 0 unspecified atom stereocenters. The van der Waals surface area contributed by atoms with Crippen LogP contribution in [0.3, 0.4) is 0 Å². The minimum atomic E-state index is -2.82. The first-order valence-electron chi connectivity index (χ1n) is 8.37. The molecule has 5 nitrogen and oxygen atoms in total. The maximum Gasteiger partial charge on any atom is 0.163 e. The number of hydrogen-bond acceptors (Lipinski definition) is 6. The van der Waals surface area contributed by atoms with Crippen molar-refractivity contribution < 1.29 is 8.42 Å². The van der Waals surface area contributed by atoms with Crippen molar-refractivity contribution in [2.75, 3.05) is 37.7 Å². The molecule has 2 saturated heterocycles. The van der Waals surface area contributed by atoms with Crippen LogP contribution in [0, 0.1) is 3.95 Å². The summed E-state index contributed by atoms with van der Waals surface area (Å²) in [5, 5.41) is 0.723. The Morgan fingerprint density at radius 2 is 2.00 bits per heavy atom. The summed E-state index contributed by atoms with van der Waals surface area (Å²) in [6.07, 6.45) is 0.779. The Morgan fingerprint density at radius 3 is 2.68 bits per heavy atom. The van der Waals surface area contributed by atoms with Crippen LogP contribution in [-0.2, 0) is 16.5 Å². The molecular weight excluding hydrogens is 398 g/mol. The Bertz CT molecular complexity index is 945. The van der Waals surface area contributed by atoms with Crippen molar-refractivity contribution in [3.63, 3.8) is 0 Å². The minimum Gasteiger partial charge on any atom is -0.309 e. The van der Waals surface area contributed by atoms with Crippen LogP contribution in [0.1, 0.15) is 6.42 Å². The van der Waals surface area contributed by atoms with Crippen LogP contribution in [0.25, 0.3) is 10.2 Å². The van der Waals surface area contributed by atoms with Crippen LogP contribution in [0.5, 0.6) is 0 Å². The normalized spacial score (nSPS) is 24.9. The predicted octanol–water partition coefficient (Wildman–Crippen LogP) is 2.85. The molecule has 4 rings (SSSR count). The zero-order valence-electron chi connectivity index (χ0n) is 13.7. The average molecular weight is 418 g/mol.